The van der Waals surface area contributed by atoms with E-state index in [4.69, 9.17) is 0 Å². The van der Waals surface area contributed by atoms with Crippen LogP contribution in [-0.2, 0) is 0 Å². The second-order valence-electron chi connectivity index (χ2n) is 5.96. The van der Waals surface area contributed by atoms with Crippen molar-refractivity contribution in [2.45, 2.75) is 25.7 Å². The molecule has 2 aliphatic rings. The molecule has 0 amide bonds. The molecule has 0 N–H and O–H groups in total. The van der Waals surface area contributed by atoms with Crippen LogP contribution in [0.1, 0.15) is 25.7 Å². The maximum absolute atomic E-state index is 13.6. The number of hydrogen-bond acceptors (Lipinski definition) is 3. The van der Waals surface area contributed by atoms with Crippen molar-refractivity contribution in [1.29, 1.82) is 0 Å². The van der Waals surface area contributed by atoms with Gasteiger partial charge in [0.05, 0.1) is 0 Å². The molecule has 0 aromatic heterocycles. The Morgan fingerprint density at radius 3 is 2.59 bits per heavy atom. The number of halogens is 1. The van der Waals surface area contributed by atoms with Crippen LogP contribution in [0.3, 0.4) is 0 Å². The summed E-state index contributed by atoms with van der Waals surface area (Å²) in [5.41, 5.74) is 0.833. The number of hydrogen-bond donors (Lipinski definition) is 0. The van der Waals surface area contributed by atoms with E-state index in [1.807, 2.05) is 12.3 Å². The standard InChI is InChI=1S/C16H21AsFN4/c17-16-13-22(20-19-16,15-7-5-6-14(18)12-15)11-10-21-8-3-1-2-4-9-21/h5-7,12-13H,1-4,8-11H2/q+1. The van der Waals surface area contributed by atoms with Crippen molar-refractivity contribution in [2.75, 3.05) is 26.2 Å². The molecule has 1 fully saturated rings. The summed E-state index contributed by atoms with van der Waals surface area (Å²) in [4.78, 5) is 2.50. The number of nitrogens with zero attached hydrogens (tertiary/aromatic N) is 4. The maximum atomic E-state index is 13.6. The van der Waals surface area contributed by atoms with Gasteiger partial charge in [-0.05, 0) is 0 Å². The summed E-state index contributed by atoms with van der Waals surface area (Å²) in [7, 11) is 0. The molecule has 1 unspecified atom stereocenters. The van der Waals surface area contributed by atoms with E-state index in [0.29, 0.717) is 0 Å². The molecule has 0 aliphatic carbocycles. The molecule has 116 valence electrons. The molecule has 1 atom stereocenters. The zero-order valence-electron chi connectivity index (χ0n) is 12.7. The Hall–Kier alpha value is -1.03. The predicted octanol–water partition coefficient (Wildman–Crippen LogP) is 3.36. The van der Waals surface area contributed by atoms with Crippen molar-refractivity contribution in [3.8, 4) is 0 Å². The van der Waals surface area contributed by atoms with Gasteiger partial charge < -0.3 is 0 Å². The summed E-state index contributed by atoms with van der Waals surface area (Å²) < 4.78 is 14.7. The Kier molecular flexibility index (Phi) is 5.06. The summed E-state index contributed by atoms with van der Waals surface area (Å²) in [6.07, 6.45) is 7.19. The van der Waals surface area contributed by atoms with Crippen molar-refractivity contribution >= 4 is 22.5 Å². The monoisotopic (exact) mass is 363 g/mol. The summed E-state index contributed by atoms with van der Waals surface area (Å²) in [5.74, 6) is -0.229. The van der Waals surface area contributed by atoms with Crippen LogP contribution < -0.4 is 4.59 Å². The molecule has 1 saturated heterocycles. The molecule has 2 radical (unpaired) electrons. The number of quaternary nitrogens is 1. The molecule has 1 aromatic carbocycles. The third kappa shape index (κ3) is 3.65. The number of likely N-dealkylation sites (tertiary alicyclic amines) is 1. The van der Waals surface area contributed by atoms with Gasteiger partial charge >= 0.3 is 139 Å². The third-order valence-corrected chi connectivity index (χ3v) is 4.78. The molecule has 3 rings (SSSR count). The first-order chi connectivity index (χ1) is 10.7. The van der Waals surface area contributed by atoms with Gasteiger partial charge in [0.1, 0.15) is 0 Å². The fourth-order valence-corrected chi connectivity index (χ4v) is 3.59. The van der Waals surface area contributed by atoms with Gasteiger partial charge in [-0.1, -0.05) is 0 Å². The van der Waals surface area contributed by atoms with Crippen molar-refractivity contribution in [3.05, 3.63) is 40.8 Å². The van der Waals surface area contributed by atoms with Gasteiger partial charge in [-0.3, -0.25) is 0 Å². The molecule has 4 nitrogen and oxygen atoms in total. The van der Waals surface area contributed by atoms with Gasteiger partial charge in [-0.15, -0.1) is 0 Å². The van der Waals surface area contributed by atoms with Gasteiger partial charge in [0.2, 0.25) is 0 Å². The van der Waals surface area contributed by atoms with E-state index >= 15 is 0 Å². The van der Waals surface area contributed by atoms with Crippen LogP contribution in [0.4, 0.5) is 10.1 Å². The fourth-order valence-electron chi connectivity index (χ4n) is 3.10. The first kappa shape index (κ1) is 15.8. The van der Waals surface area contributed by atoms with E-state index in [0.717, 1.165) is 36.4 Å². The van der Waals surface area contributed by atoms with Crippen molar-refractivity contribution in [3.63, 3.8) is 0 Å². The predicted molar refractivity (Wildman–Crippen MR) is 86.7 cm³/mol. The van der Waals surface area contributed by atoms with Gasteiger partial charge in [0, 0.05) is 0 Å². The van der Waals surface area contributed by atoms with Crippen LogP contribution in [0.15, 0.2) is 45.3 Å². The Morgan fingerprint density at radius 2 is 1.95 bits per heavy atom. The van der Waals surface area contributed by atoms with Crippen LogP contribution in [0, 0.1) is 5.82 Å². The Bertz CT molecular complexity index is 581. The molecule has 1 aromatic rings. The third-order valence-electron chi connectivity index (χ3n) is 4.35. The van der Waals surface area contributed by atoms with Gasteiger partial charge in [0.15, 0.2) is 0 Å². The molecule has 0 spiro atoms. The average molecular weight is 363 g/mol. The molecular formula is C16H21AsFN4+. The van der Waals surface area contributed by atoms with Crippen molar-refractivity contribution < 1.29 is 4.39 Å². The molecule has 0 saturated carbocycles. The van der Waals surface area contributed by atoms with E-state index in [9.17, 15) is 4.39 Å². The van der Waals surface area contributed by atoms with Crippen LogP contribution in [0.5, 0.6) is 0 Å². The van der Waals surface area contributed by atoms with Gasteiger partial charge in [0.25, 0.3) is 0 Å². The number of benzene rings is 1. The Balaban J connectivity index is 1.77. The normalized spacial score (nSPS) is 26.0. The quantitative estimate of drug-likeness (QED) is 0.596. The molecular weight excluding hydrogens is 342 g/mol. The van der Waals surface area contributed by atoms with Gasteiger partial charge in [-0.2, -0.15) is 0 Å². The van der Waals surface area contributed by atoms with Gasteiger partial charge in [-0.25, -0.2) is 0 Å². The fraction of sp³-hybridized carbons (Fsp3) is 0.500. The first-order valence-electron chi connectivity index (χ1n) is 7.89. The molecule has 0 bridgehead atoms. The van der Waals surface area contributed by atoms with Crippen molar-refractivity contribution in [2.24, 2.45) is 10.3 Å². The van der Waals surface area contributed by atoms with E-state index < -0.39 is 0 Å². The van der Waals surface area contributed by atoms with Crippen LogP contribution in [0.2, 0.25) is 0 Å². The molecule has 2 heterocycles. The molecule has 22 heavy (non-hydrogen) atoms. The zero-order valence-corrected chi connectivity index (χ0v) is 14.5. The summed E-state index contributed by atoms with van der Waals surface area (Å²) in [6, 6.07) is 6.69. The first-order valence-corrected chi connectivity index (χ1v) is 8.83. The van der Waals surface area contributed by atoms with Crippen molar-refractivity contribution in [1.82, 2.24) is 9.49 Å². The summed E-state index contributed by atoms with van der Waals surface area (Å²) in [6.45, 7) is 4.04. The Labute approximate surface area is 139 Å². The van der Waals surface area contributed by atoms with E-state index in [1.54, 1.807) is 12.1 Å². The minimum atomic E-state index is -0.229. The van der Waals surface area contributed by atoms with Crippen LogP contribution >= 0.6 is 0 Å². The summed E-state index contributed by atoms with van der Waals surface area (Å²) >= 11 is 2.42. The second kappa shape index (κ2) is 7.03. The average Bonchev–Trinajstić information content (AvgIpc) is 2.73. The summed E-state index contributed by atoms with van der Waals surface area (Å²) in [5, 5.41) is 8.60. The second-order valence-corrected chi connectivity index (χ2v) is 6.92. The van der Waals surface area contributed by atoms with Crippen LogP contribution in [-0.4, -0.2) is 47.9 Å². The Morgan fingerprint density at radius 1 is 1.18 bits per heavy atom. The SMILES string of the molecule is Fc1cccc([N+]2(CCN3CCCCCC3)C=C([As])N=N2)c1. The van der Waals surface area contributed by atoms with E-state index in [1.165, 1.54) is 31.7 Å². The molecule has 6 heteroatoms. The number of rotatable bonds is 4. The van der Waals surface area contributed by atoms with Crippen LogP contribution in [0.25, 0.3) is 0 Å². The van der Waals surface area contributed by atoms with E-state index in [-0.39, 0.29) is 10.4 Å². The van der Waals surface area contributed by atoms with E-state index in [2.05, 4.69) is 32.1 Å². The molecule has 2 aliphatic heterocycles. The topological polar surface area (TPSA) is 28.0 Å². The zero-order chi connectivity index (χ0) is 15.4. The minimum absolute atomic E-state index is 0.229.